The third-order valence-corrected chi connectivity index (χ3v) is 3.49. The van der Waals surface area contributed by atoms with Crippen LogP contribution in [0.15, 0.2) is 47.5 Å². The van der Waals surface area contributed by atoms with Crippen LogP contribution in [0.1, 0.15) is 22.5 Å². The zero-order chi connectivity index (χ0) is 15.9. The Bertz CT molecular complexity index is 632. The number of nitrogens with zero attached hydrogens (tertiary/aromatic N) is 3. The lowest BCUT2D eigenvalue weighted by molar-refractivity contribution is 0.476. The predicted molar refractivity (Wildman–Crippen MR) is 91.8 cm³/mol. The van der Waals surface area contributed by atoms with Crippen molar-refractivity contribution in [2.24, 2.45) is 4.99 Å². The van der Waals surface area contributed by atoms with E-state index >= 15 is 0 Å². The van der Waals surface area contributed by atoms with E-state index in [0.717, 1.165) is 23.9 Å². The van der Waals surface area contributed by atoms with Crippen molar-refractivity contribution in [1.29, 1.82) is 0 Å². The number of pyridine rings is 1. The highest BCUT2D eigenvalue weighted by Crippen LogP contribution is 2.06. The van der Waals surface area contributed by atoms with E-state index in [1.165, 1.54) is 11.1 Å². The zero-order valence-electron chi connectivity index (χ0n) is 13.8. The summed E-state index contributed by atoms with van der Waals surface area (Å²) in [7, 11) is 3.84. The third-order valence-electron chi connectivity index (χ3n) is 3.49. The number of guanidine groups is 1. The summed E-state index contributed by atoms with van der Waals surface area (Å²) in [6.07, 6.45) is 0. The van der Waals surface area contributed by atoms with Crippen LogP contribution in [0.2, 0.25) is 0 Å². The predicted octanol–water partition coefficient (Wildman–Crippen LogP) is 2.91. The summed E-state index contributed by atoms with van der Waals surface area (Å²) in [6, 6.07) is 14.6. The third kappa shape index (κ3) is 4.58. The van der Waals surface area contributed by atoms with Crippen LogP contribution >= 0.6 is 0 Å². The van der Waals surface area contributed by atoms with E-state index in [9.17, 15) is 0 Å². The van der Waals surface area contributed by atoms with Crippen molar-refractivity contribution in [3.8, 4) is 0 Å². The molecule has 0 saturated carbocycles. The minimum Gasteiger partial charge on any atom is -0.351 e. The summed E-state index contributed by atoms with van der Waals surface area (Å²) in [4.78, 5) is 11.0. The van der Waals surface area contributed by atoms with Gasteiger partial charge in [-0.2, -0.15) is 0 Å². The van der Waals surface area contributed by atoms with Gasteiger partial charge in [-0.3, -0.25) is 9.98 Å². The second kappa shape index (κ2) is 7.59. The number of aliphatic imine (C=N–C) groups is 1. The Hall–Kier alpha value is -2.36. The molecule has 4 heteroatoms. The average molecular weight is 296 g/mol. The number of aryl methyl sites for hydroxylation is 2. The number of hydrogen-bond acceptors (Lipinski definition) is 2. The molecule has 22 heavy (non-hydrogen) atoms. The van der Waals surface area contributed by atoms with Crippen LogP contribution in [0.25, 0.3) is 0 Å². The lowest BCUT2D eigenvalue weighted by Gasteiger charge is -2.22. The van der Waals surface area contributed by atoms with E-state index in [1.54, 1.807) is 7.05 Å². The van der Waals surface area contributed by atoms with Gasteiger partial charge >= 0.3 is 0 Å². The Morgan fingerprint density at radius 2 is 1.86 bits per heavy atom. The molecule has 116 valence electrons. The molecule has 0 atom stereocenters. The maximum absolute atomic E-state index is 4.50. The van der Waals surface area contributed by atoms with Crippen molar-refractivity contribution in [1.82, 2.24) is 15.2 Å². The Morgan fingerprint density at radius 1 is 1.14 bits per heavy atom. The minimum atomic E-state index is 0.673. The van der Waals surface area contributed by atoms with Crippen molar-refractivity contribution in [2.45, 2.75) is 26.9 Å². The number of hydrogen-bond donors (Lipinski definition) is 1. The van der Waals surface area contributed by atoms with E-state index in [4.69, 9.17) is 0 Å². The topological polar surface area (TPSA) is 40.5 Å². The van der Waals surface area contributed by atoms with E-state index in [1.807, 2.05) is 32.2 Å². The Balaban J connectivity index is 1.94. The maximum atomic E-state index is 4.50. The van der Waals surface area contributed by atoms with Gasteiger partial charge in [0.1, 0.15) is 0 Å². The molecule has 1 aromatic heterocycles. The van der Waals surface area contributed by atoms with Gasteiger partial charge in [0.15, 0.2) is 5.96 Å². The fourth-order valence-corrected chi connectivity index (χ4v) is 2.29. The number of benzene rings is 1. The quantitative estimate of drug-likeness (QED) is 0.696. The molecule has 0 fully saturated rings. The molecule has 1 N–H and O–H groups in total. The lowest BCUT2D eigenvalue weighted by Crippen LogP contribution is -2.38. The van der Waals surface area contributed by atoms with Gasteiger partial charge in [-0.05, 0) is 31.5 Å². The standard InChI is InChI=1S/C18H24N4/c1-14-8-10-16(11-9-14)13-22(4)18(19-3)20-12-17-7-5-6-15(2)21-17/h5-11H,12-13H2,1-4H3,(H,19,20). The van der Waals surface area contributed by atoms with E-state index in [0.29, 0.717) is 6.54 Å². The van der Waals surface area contributed by atoms with Gasteiger partial charge < -0.3 is 10.2 Å². The number of aromatic nitrogens is 1. The first-order valence-electron chi connectivity index (χ1n) is 7.48. The fourth-order valence-electron chi connectivity index (χ4n) is 2.29. The summed E-state index contributed by atoms with van der Waals surface area (Å²) in [5.74, 6) is 0.865. The molecule has 0 unspecified atom stereocenters. The smallest absolute Gasteiger partial charge is 0.194 e. The summed E-state index contributed by atoms with van der Waals surface area (Å²) < 4.78 is 0. The SMILES string of the molecule is CN=C(NCc1cccc(C)n1)N(C)Cc1ccc(C)cc1. The Morgan fingerprint density at radius 3 is 2.50 bits per heavy atom. The fraction of sp³-hybridized carbons (Fsp3) is 0.333. The van der Waals surface area contributed by atoms with Crippen LogP contribution in [-0.4, -0.2) is 29.9 Å². The molecule has 0 saturated heterocycles. The first-order valence-corrected chi connectivity index (χ1v) is 7.48. The maximum Gasteiger partial charge on any atom is 0.194 e. The second-order valence-electron chi connectivity index (χ2n) is 5.51. The first-order chi connectivity index (χ1) is 10.6. The van der Waals surface area contributed by atoms with Crippen LogP contribution < -0.4 is 5.32 Å². The largest absolute Gasteiger partial charge is 0.351 e. The van der Waals surface area contributed by atoms with Gasteiger partial charge in [0.25, 0.3) is 0 Å². The van der Waals surface area contributed by atoms with Gasteiger partial charge in [0, 0.05) is 26.3 Å². The Labute approximate surface area is 132 Å². The van der Waals surface area contributed by atoms with Crippen LogP contribution in [0, 0.1) is 13.8 Å². The highest BCUT2D eigenvalue weighted by molar-refractivity contribution is 5.79. The molecule has 0 radical (unpaired) electrons. The monoisotopic (exact) mass is 296 g/mol. The molecule has 0 spiro atoms. The van der Waals surface area contributed by atoms with Gasteiger partial charge in [-0.1, -0.05) is 35.9 Å². The lowest BCUT2D eigenvalue weighted by atomic mass is 10.1. The molecule has 1 heterocycles. The van der Waals surface area contributed by atoms with Crippen molar-refractivity contribution >= 4 is 5.96 Å². The van der Waals surface area contributed by atoms with Crippen LogP contribution in [0.4, 0.5) is 0 Å². The molecular weight excluding hydrogens is 272 g/mol. The Kier molecular flexibility index (Phi) is 5.53. The molecule has 2 aromatic rings. The van der Waals surface area contributed by atoms with Crippen molar-refractivity contribution in [2.75, 3.05) is 14.1 Å². The zero-order valence-corrected chi connectivity index (χ0v) is 13.8. The molecule has 0 aliphatic rings. The summed E-state index contributed by atoms with van der Waals surface area (Å²) in [6.45, 7) is 5.60. The normalized spacial score (nSPS) is 11.4. The molecule has 0 aliphatic heterocycles. The van der Waals surface area contributed by atoms with Crippen LogP contribution in [0.5, 0.6) is 0 Å². The highest BCUT2D eigenvalue weighted by atomic mass is 15.3. The molecule has 2 rings (SSSR count). The molecule has 0 aliphatic carbocycles. The number of rotatable bonds is 4. The van der Waals surface area contributed by atoms with E-state index in [2.05, 4.69) is 51.4 Å². The van der Waals surface area contributed by atoms with Crippen molar-refractivity contribution in [3.05, 3.63) is 65.0 Å². The van der Waals surface area contributed by atoms with E-state index in [-0.39, 0.29) is 0 Å². The van der Waals surface area contributed by atoms with Crippen molar-refractivity contribution in [3.63, 3.8) is 0 Å². The molecular formula is C18H24N4. The van der Waals surface area contributed by atoms with Crippen LogP contribution in [0.3, 0.4) is 0 Å². The summed E-state index contributed by atoms with van der Waals surface area (Å²) in [5, 5.41) is 3.36. The molecule has 0 amide bonds. The first kappa shape index (κ1) is 16.0. The van der Waals surface area contributed by atoms with Crippen LogP contribution in [-0.2, 0) is 13.1 Å². The summed E-state index contributed by atoms with van der Waals surface area (Å²) >= 11 is 0. The molecule has 4 nitrogen and oxygen atoms in total. The van der Waals surface area contributed by atoms with E-state index < -0.39 is 0 Å². The summed E-state index contributed by atoms with van der Waals surface area (Å²) in [5.41, 5.74) is 4.59. The second-order valence-corrected chi connectivity index (χ2v) is 5.51. The molecule has 1 aromatic carbocycles. The van der Waals surface area contributed by atoms with Crippen molar-refractivity contribution < 1.29 is 0 Å². The average Bonchev–Trinajstić information content (AvgIpc) is 2.50. The number of nitrogens with one attached hydrogen (secondary N) is 1. The van der Waals surface area contributed by atoms with Gasteiger partial charge in [0.2, 0.25) is 0 Å². The van der Waals surface area contributed by atoms with Gasteiger partial charge in [-0.25, -0.2) is 0 Å². The molecule has 0 bridgehead atoms. The minimum absolute atomic E-state index is 0.673. The highest BCUT2D eigenvalue weighted by Gasteiger charge is 2.07. The van der Waals surface area contributed by atoms with Gasteiger partial charge in [-0.15, -0.1) is 0 Å². The van der Waals surface area contributed by atoms with Gasteiger partial charge in [0.05, 0.1) is 12.2 Å².